The largest absolute Gasteiger partial charge is 0.374 e. The van der Waals surface area contributed by atoms with Gasteiger partial charge in [-0.2, -0.15) is 5.26 Å². The van der Waals surface area contributed by atoms with Crippen LogP contribution in [-0.2, 0) is 21.4 Å². The van der Waals surface area contributed by atoms with E-state index in [-0.39, 0.29) is 24.1 Å². The number of nitriles is 1. The molecule has 2 atom stereocenters. The second-order valence-electron chi connectivity index (χ2n) is 7.77. The number of morpholine rings is 1. The summed E-state index contributed by atoms with van der Waals surface area (Å²) in [6, 6.07) is 6.90. The number of aryl methyl sites for hydroxylation is 1. The summed E-state index contributed by atoms with van der Waals surface area (Å²) in [5, 5.41) is 11.1. The Morgan fingerprint density at radius 2 is 2.10 bits per heavy atom. The third-order valence-corrected chi connectivity index (χ3v) is 5.69. The van der Waals surface area contributed by atoms with E-state index >= 15 is 0 Å². The Morgan fingerprint density at radius 3 is 2.87 bits per heavy atom. The van der Waals surface area contributed by atoms with Gasteiger partial charge in [-0.1, -0.05) is 11.8 Å². The van der Waals surface area contributed by atoms with Crippen LogP contribution in [0.4, 0.5) is 0 Å². The Kier molecular flexibility index (Phi) is 5.90. The number of hydrogen-bond donors (Lipinski definition) is 1. The van der Waals surface area contributed by atoms with Crippen molar-refractivity contribution in [3.05, 3.63) is 34.2 Å². The Labute approximate surface area is 179 Å². The molecule has 3 heterocycles. The molecule has 160 valence electrons. The summed E-state index contributed by atoms with van der Waals surface area (Å²) in [7, 11) is 1.66. The zero-order valence-corrected chi connectivity index (χ0v) is 17.3. The molecule has 4 rings (SSSR count). The molecular formula is C22H23N5O4. The number of imidazole rings is 1. The molecule has 0 radical (unpaired) electrons. The van der Waals surface area contributed by atoms with Crippen molar-refractivity contribution < 1.29 is 14.3 Å². The van der Waals surface area contributed by atoms with Crippen LogP contribution in [0.2, 0.25) is 0 Å². The number of amides is 2. The molecule has 1 N–H and O–H groups in total. The number of carbonyl (C=O) groups is 2. The highest BCUT2D eigenvalue weighted by atomic mass is 16.5. The molecular weight excluding hydrogens is 398 g/mol. The topological polar surface area (TPSA) is 109 Å². The predicted molar refractivity (Wildman–Crippen MR) is 112 cm³/mol. The normalized spacial score (nSPS) is 21.9. The van der Waals surface area contributed by atoms with Gasteiger partial charge in [0.05, 0.1) is 42.8 Å². The van der Waals surface area contributed by atoms with Gasteiger partial charge in [0.15, 0.2) is 0 Å². The summed E-state index contributed by atoms with van der Waals surface area (Å²) >= 11 is 0. The van der Waals surface area contributed by atoms with Crippen LogP contribution >= 0.6 is 0 Å². The zero-order valence-electron chi connectivity index (χ0n) is 17.3. The third kappa shape index (κ3) is 4.24. The van der Waals surface area contributed by atoms with Crippen LogP contribution in [0, 0.1) is 23.2 Å². The molecule has 0 saturated carbocycles. The van der Waals surface area contributed by atoms with Crippen LogP contribution < -0.4 is 11.0 Å². The van der Waals surface area contributed by atoms with Crippen molar-refractivity contribution in [3.63, 3.8) is 0 Å². The minimum absolute atomic E-state index is 0.0709. The van der Waals surface area contributed by atoms with Crippen molar-refractivity contribution in [1.29, 1.82) is 5.26 Å². The predicted octanol–water partition coefficient (Wildman–Crippen LogP) is 0.284. The number of benzene rings is 1. The van der Waals surface area contributed by atoms with Gasteiger partial charge in [0.2, 0.25) is 11.8 Å². The first-order valence-corrected chi connectivity index (χ1v) is 10.2. The van der Waals surface area contributed by atoms with Crippen LogP contribution in [0.15, 0.2) is 23.0 Å². The zero-order chi connectivity index (χ0) is 22.0. The monoisotopic (exact) mass is 421 g/mol. The lowest BCUT2D eigenvalue weighted by Gasteiger charge is -2.30. The number of hydrogen-bond acceptors (Lipinski definition) is 6. The van der Waals surface area contributed by atoms with E-state index in [0.717, 1.165) is 12.1 Å². The SMILES string of the molecule is Cn1c(=O)n(C2CCC(=O)NC2=O)c2ccc(C#CCN3CCO[C@@H](CC#N)C3)cc21. The Bertz CT molecular complexity index is 1190. The molecule has 2 saturated heterocycles. The van der Waals surface area contributed by atoms with E-state index in [1.807, 2.05) is 12.1 Å². The maximum absolute atomic E-state index is 12.8. The molecule has 2 amide bonds. The first-order chi connectivity index (χ1) is 15.0. The molecule has 1 aromatic heterocycles. The third-order valence-electron chi connectivity index (χ3n) is 5.69. The highest BCUT2D eigenvalue weighted by Gasteiger charge is 2.31. The van der Waals surface area contributed by atoms with Crippen LogP contribution in [0.25, 0.3) is 11.0 Å². The van der Waals surface area contributed by atoms with E-state index in [2.05, 4.69) is 28.1 Å². The van der Waals surface area contributed by atoms with Crippen molar-refractivity contribution in [3.8, 4) is 17.9 Å². The molecule has 0 spiro atoms. The molecule has 31 heavy (non-hydrogen) atoms. The lowest BCUT2D eigenvalue weighted by atomic mass is 10.1. The van der Waals surface area contributed by atoms with Crippen LogP contribution in [0.5, 0.6) is 0 Å². The maximum atomic E-state index is 12.8. The average molecular weight is 421 g/mol. The van der Waals surface area contributed by atoms with Gasteiger partial charge in [-0.15, -0.1) is 0 Å². The quantitative estimate of drug-likeness (QED) is 0.563. The van der Waals surface area contributed by atoms with Crippen molar-refractivity contribution in [2.24, 2.45) is 7.05 Å². The smallest absolute Gasteiger partial charge is 0.329 e. The molecule has 2 aromatic rings. The standard InChI is InChI=1S/C22H23N5O4/c1-25-19-13-15(3-2-10-26-11-12-31-16(14-26)8-9-23)4-5-17(19)27(22(25)30)18-6-7-20(28)24-21(18)29/h4-5,13,16,18H,6-8,10-12,14H2,1H3,(H,24,28,29)/t16-,18?/m0/s1. The summed E-state index contributed by atoms with van der Waals surface area (Å²) in [5.41, 5.74) is 1.79. The second kappa shape index (κ2) is 8.76. The molecule has 1 unspecified atom stereocenters. The van der Waals surface area contributed by atoms with E-state index in [9.17, 15) is 14.4 Å². The molecule has 9 nitrogen and oxygen atoms in total. The Morgan fingerprint density at radius 1 is 1.26 bits per heavy atom. The minimum Gasteiger partial charge on any atom is -0.374 e. The van der Waals surface area contributed by atoms with Crippen molar-refractivity contribution in [1.82, 2.24) is 19.4 Å². The average Bonchev–Trinajstić information content (AvgIpc) is 2.99. The van der Waals surface area contributed by atoms with Gasteiger partial charge in [0.1, 0.15) is 6.04 Å². The molecule has 2 aliphatic rings. The summed E-state index contributed by atoms with van der Waals surface area (Å²) < 4.78 is 8.51. The van der Waals surface area contributed by atoms with Crippen molar-refractivity contribution >= 4 is 22.8 Å². The number of nitrogens with one attached hydrogen (secondary N) is 1. The summed E-state index contributed by atoms with van der Waals surface area (Å²) in [5.74, 6) is 5.53. The fourth-order valence-corrected chi connectivity index (χ4v) is 4.07. The Balaban J connectivity index is 1.55. The summed E-state index contributed by atoms with van der Waals surface area (Å²) in [6.45, 7) is 2.62. The van der Waals surface area contributed by atoms with E-state index in [0.29, 0.717) is 43.6 Å². The number of ether oxygens (including phenoxy) is 1. The number of imide groups is 1. The minimum atomic E-state index is -0.700. The number of aromatic nitrogens is 2. The van der Waals surface area contributed by atoms with E-state index in [1.165, 1.54) is 9.13 Å². The van der Waals surface area contributed by atoms with E-state index in [4.69, 9.17) is 10.00 Å². The lowest BCUT2D eigenvalue weighted by Crippen LogP contribution is -2.44. The Hall–Kier alpha value is -3.40. The van der Waals surface area contributed by atoms with Crippen LogP contribution in [0.1, 0.15) is 30.9 Å². The van der Waals surface area contributed by atoms with Crippen LogP contribution in [-0.4, -0.2) is 58.2 Å². The molecule has 0 bridgehead atoms. The molecule has 0 aliphatic carbocycles. The van der Waals surface area contributed by atoms with Crippen molar-refractivity contribution in [2.75, 3.05) is 26.2 Å². The number of piperidine rings is 1. The molecule has 1 aromatic carbocycles. The molecule has 2 fully saturated rings. The van der Waals surface area contributed by atoms with Gasteiger partial charge in [-0.3, -0.25) is 28.9 Å². The van der Waals surface area contributed by atoms with Gasteiger partial charge >= 0.3 is 5.69 Å². The van der Waals surface area contributed by atoms with Gasteiger partial charge in [-0.25, -0.2) is 4.79 Å². The first-order valence-electron chi connectivity index (χ1n) is 10.2. The lowest BCUT2D eigenvalue weighted by molar-refractivity contribution is -0.135. The highest BCUT2D eigenvalue weighted by Crippen LogP contribution is 2.23. The maximum Gasteiger partial charge on any atom is 0.329 e. The van der Waals surface area contributed by atoms with E-state index < -0.39 is 11.9 Å². The summed E-state index contributed by atoms with van der Waals surface area (Å²) in [4.78, 5) is 38.7. The fraction of sp³-hybridized carbons (Fsp3) is 0.455. The highest BCUT2D eigenvalue weighted by molar-refractivity contribution is 6.00. The second-order valence-corrected chi connectivity index (χ2v) is 7.77. The van der Waals surface area contributed by atoms with E-state index in [1.54, 1.807) is 13.1 Å². The molecule has 9 heteroatoms. The number of nitrogens with zero attached hydrogens (tertiary/aromatic N) is 4. The number of carbonyl (C=O) groups excluding carboxylic acids is 2. The fourth-order valence-electron chi connectivity index (χ4n) is 4.07. The number of rotatable bonds is 3. The van der Waals surface area contributed by atoms with Gasteiger partial charge < -0.3 is 4.74 Å². The van der Waals surface area contributed by atoms with Crippen LogP contribution in [0.3, 0.4) is 0 Å². The van der Waals surface area contributed by atoms with Gasteiger partial charge in [0, 0.05) is 32.1 Å². The number of fused-ring (bicyclic) bond motifs is 1. The van der Waals surface area contributed by atoms with Gasteiger partial charge in [0.25, 0.3) is 0 Å². The molecule has 2 aliphatic heterocycles. The van der Waals surface area contributed by atoms with Gasteiger partial charge in [-0.05, 0) is 24.6 Å². The first kappa shape index (κ1) is 20.9. The summed E-state index contributed by atoms with van der Waals surface area (Å²) in [6.07, 6.45) is 0.814. The van der Waals surface area contributed by atoms with Crippen molar-refractivity contribution in [2.45, 2.75) is 31.4 Å².